The van der Waals surface area contributed by atoms with Gasteiger partial charge < -0.3 is 13.2 Å². The van der Waals surface area contributed by atoms with Crippen molar-refractivity contribution in [2.24, 2.45) is 0 Å². The molecule has 5 heteroatoms. The minimum Gasteiger partial charge on any atom is -0.740 e. The predicted octanol–water partition coefficient (Wildman–Crippen LogP) is 0.453. The molecule has 1 unspecified atom stereocenters. The Hall–Kier alpha value is -0.810. The van der Waals surface area contributed by atoms with Crippen LogP contribution < -0.4 is 4.18 Å². The number of hydrogen-bond acceptors (Lipinski definition) is 4. The molecule has 4 nitrogen and oxygen atoms in total. The highest BCUT2D eigenvalue weighted by Crippen LogP contribution is 2.09. The van der Waals surface area contributed by atoms with Gasteiger partial charge in [-0.05, 0) is 6.07 Å². The fraction of sp³-hybridized carbons (Fsp3) is 0. The summed E-state index contributed by atoms with van der Waals surface area (Å²) in [6.45, 7) is 0. The lowest BCUT2D eigenvalue weighted by molar-refractivity contribution is 0.365. The molecular formula is C4H3O4S-. The quantitative estimate of drug-likeness (QED) is 0.570. The van der Waals surface area contributed by atoms with Gasteiger partial charge in [-0.2, -0.15) is 0 Å². The molecule has 9 heavy (non-hydrogen) atoms. The molecule has 0 radical (unpaired) electrons. The first kappa shape index (κ1) is 6.31. The molecule has 1 aromatic heterocycles. The normalized spacial score (nSPS) is 13.0. The van der Waals surface area contributed by atoms with Crippen LogP contribution in [0.15, 0.2) is 22.8 Å². The average molecular weight is 147 g/mol. The lowest BCUT2D eigenvalue weighted by Crippen LogP contribution is -1.95. The van der Waals surface area contributed by atoms with E-state index < -0.39 is 11.4 Å². The fourth-order valence-corrected chi connectivity index (χ4v) is 0.607. The Balaban J connectivity index is 2.58. The Morgan fingerprint density at radius 2 is 2.56 bits per heavy atom. The minimum atomic E-state index is -2.54. The molecule has 0 aliphatic carbocycles. The number of hydrogen-bond donors (Lipinski definition) is 0. The molecule has 0 aliphatic rings. The molecule has 1 atom stereocenters. The van der Waals surface area contributed by atoms with Crippen LogP contribution in [0.1, 0.15) is 0 Å². The van der Waals surface area contributed by atoms with E-state index >= 15 is 0 Å². The largest absolute Gasteiger partial charge is 0.740 e. The van der Waals surface area contributed by atoms with Crippen LogP contribution in [0.3, 0.4) is 0 Å². The van der Waals surface area contributed by atoms with E-state index in [0.717, 1.165) is 0 Å². The molecule has 1 aromatic rings. The highest BCUT2D eigenvalue weighted by Gasteiger charge is 1.92. The van der Waals surface area contributed by atoms with Crippen molar-refractivity contribution in [1.82, 2.24) is 0 Å². The minimum absolute atomic E-state index is 0.0247. The van der Waals surface area contributed by atoms with Crippen molar-refractivity contribution in [3.05, 3.63) is 18.4 Å². The molecule has 50 valence electrons. The van der Waals surface area contributed by atoms with Gasteiger partial charge in [0.05, 0.1) is 6.26 Å². The van der Waals surface area contributed by atoms with Crippen molar-refractivity contribution >= 4 is 11.4 Å². The third-order valence-corrected chi connectivity index (χ3v) is 0.946. The average Bonchev–Trinajstić information content (AvgIpc) is 2.15. The zero-order valence-corrected chi connectivity index (χ0v) is 5.09. The van der Waals surface area contributed by atoms with E-state index in [1.807, 2.05) is 0 Å². The van der Waals surface area contributed by atoms with Crippen LogP contribution in [0.5, 0.6) is 5.95 Å². The Labute approximate surface area is 53.9 Å². The molecule has 1 rings (SSSR count). The Morgan fingerprint density at radius 1 is 1.78 bits per heavy atom. The van der Waals surface area contributed by atoms with E-state index in [1.54, 1.807) is 0 Å². The molecule has 0 amide bonds. The molecule has 1 heterocycles. The molecule has 0 aliphatic heterocycles. The first-order valence-corrected chi connectivity index (χ1v) is 3.10. The van der Waals surface area contributed by atoms with Crippen molar-refractivity contribution in [2.75, 3.05) is 0 Å². The van der Waals surface area contributed by atoms with E-state index in [-0.39, 0.29) is 5.95 Å². The molecule has 0 bridgehead atoms. The van der Waals surface area contributed by atoms with E-state index in [0.29, 0.717) is 0 Å². The molecule has 0 saturated heterocycles. The van der Waals surface area contributed by atoms with Crippen molar-refractivity contribution < 1.29 is 17.4 Å². The summed E-state index contributed by atoms with van der Waals surface area (Å²) in [6, 6.07) is 2.93. The van der Waals surface area contributed by atoms with Crippen LogP contribution in [-0.2, 0) is 11.4 Å². The van der Waals surface area contributed by atoms with E-state index in [4.69, 9.17) is 0 Å². The zero-order chi connectivity index (χ0) is 6.69. The maximum absolute atomic E-state index is 9.78. The summed E-state index contributed by atoms with van der Waals surface area (Å²) in [4.78, 5) is 0. The smallest absolute Gasteiger partial charge is 0.298 e. The van der Waals surface area contributed by atoms with E-state index in [9.17, 15) is 8.76 Å². The van der Waals surface area contributed by atoms with Gasteiger partial charge in [-0.25, -0.2) is 4.21 Å². The second-order valence-corrected chi connectivity index (χ2v) is 1.79. The first-order chi connectivity index (χ1) is 4.29. The Morgan fingerprint density at radius 3 is 3.00 bits per heavy atom. The van der Waals surface area contributed by atoms with E-state index in [2.05, 4.69) is 8.60 Å². The summed E-state index contributed by atoms with van der Waals surface area (Å²) in [5.74, 6) is -0.0247. The van der Waals surface area contributed by atoms with Gasteiger partial charge in [0.25, 0.3) is 5.95 Å². The lowest BCUT2D eigenvalue weighted by atomic mass is 10.7. The third-order valence-electron chi connectivity index (χ3n) is 0.645. The van der Waals surface area contributed by atoms with Gasteiger partial charge in [-0.1, -0.05) is 0 Å². The van der Waals surface area contributed by atoms with Crippen LogP contribution in [0.2, 0.25) is 0 Å². The van der Waals surface area contributed by atoms with Crippen molar-refractivity contribution in [2.45, 2.75) is 0 Å². The second-order valence-electron chi connectivity index (χ2n) is 1.22. The number of rotatable bonds is 2. The van der Waals surface area contributed by atoms with Gasteiger partial charge in [-0.3, -0.25) is 0 Å². The molecule has 0 spiro atoms. The van der Waals surface area contributed by atoms with Gasteiger partial charge in [0.1, 0.15) is 11.4 Å². The van der Waals surface area contributed by atoms with Crippen molar-refractivity contribution in [1.29, 1.82) is 0 Å². The van der Waals surface area contributed by atoms with E-state index in [1.165, 1.54) is 18.4 Å². The monoisotopic (exact) mass is 147 g/mol. The molecular weight excluding hydrogens is 144 g/mol. The predicted molar refractivity (Wildman–Crippen MR) is 28.3 cm³/mol. The Kier molecular flexibility index (Phi) is 1.86. The van der Waals surface area contributed by atoms with Gasteiger partial charge in [-0.15, -0.1) is 0 Å². The summed E-state index contributed by atoms with van der Waals surface area (Å²) >= 11 is -2.54. The first-order valence-electron chi connectivity index (χ1n) is 2.10. The lowest BCUT2D eigenvalue weighted by Gasteiger charge is -2.00. The summed E-state index contributed by atoms with van der Waals surface area (Å²) in [5, 5.41) is 0. The van der Waals surface area contributed by atoms with Crippen LogP contribution in [0.25, 0.3) is 0 Å². The highest BCUT2D eigenvalue weighted by atomic mass is 32.2. The summed E-state index contributed by atoms with van der Waals surface area (Å²) in [6.07, 6.45) is 1.32. The van der Waals surface area contributed by atoms with Crippen LogP contribution >= 0.6 is 0 Å². The SMILES string of the molecule is O=S([O-])Oc1ccco1. The van der Waals surface area contributed by atoms with Gasteiger partial charge in [0, 0.05) is 6.07 Å². The van der Waals surface area contributed by atoms with Gasteiger partial charge in [0.15, 0.2) is 0 Å². The van der Waals surface area contributed by atoms with Gasteiger partial charge >= 0.3 is 0 Å². The maximum atomic E-state index is 9.78. The van der Waals surface area contributed by atoms with Crippen molar-refractivity contribution in [3.8, 4) is 5.95 Å². The zero-order valence-electron chi connectivity index (χ0n) is 4.27. The topological polar surface area (TPSA) is 62.5 Å². The number of furan rings is 1. The van der Waals surface area contributed by atoms with Crippen LogP contribution in [0, 0.1) is 0 Å². The highest BCUT2D eigenvalue weighted by molar-refractivity contribution is 7.74. The second kappa shape index (κ2) is 2.65. The molecule has 0 N–H and O–H groups in total. The maximum Gasteiger partial charge on any atom is 0.298 e. The van der Waals surface area contributed by atoms with Crippen LogP contribution in [-0.4, -0.2) is 8.76 Å². The summed E-state index contributed by atoms with van der Waals surface area (Å²) in [5.41, 5.74) is 0. The molecule has 0 aromatic carbocycles. The van der Waals surface area contributed by atoms with Crippen LogP contribution in [0.4, 0.5) is 0 Å². The molecule has 0 fully saturated rings. The van der Waals surface area contributed by atoms with Gasteiger partial charge in [0.2, 0.25) is 0 Å². The Bertz CT molecular complexity index is 192. The molecule has 0 saturated carbocycles. The standard InChI is InChI=1S/C4H4O4S/c5-9(6)8-4-2-1-3-7-4/h1-3H,(H,5,6)/p-1. The summed E-state index contributed by atoms with van der Waals surface area (Å²) in [7, 11) is 0. The third kappa shape index (κ3) is 1.87. The van der Waals surface area contributed by atoms with Crippen molar-refractivity contribution in [3.63, 3.8) is 0 Å². The fourth-order valence-electron chi connectivity index (χ4n) is 0.378. The summed E-state index contributed by atoms with van der Waals surface area (Å²) < 4.78 is 28.2.